The van der Waals surface area contributed by atoms with Crippen molar-refractivity contribution in [2.75, 3.05) is 0 Å². The monoisotopic (exact) mass is 264 g/mol. The molecule has 0 saturated heterocycles. The Morgan fingerprint density at radius 3 is 2.85 bits per heavy atom. The van der Waals surface area contributed by atoms with Gasteiger partial charge in [0, 0.05) is 23.3 Å². The van der Waals surface area contributed by atoms with E-state index >= 15 is 0 Å². The molecular weight excluding hydrogens is 256 g/mol. The van der Waals surface area contributed by atoms with Crippen LogP contribution in [0.1, 0.15) is 0 Å². The van der Waals surface area contributed by atoms with Crippen LogP contribution < -0.4 is 5.63 Å². The molecule has 6 nitrogen and oxygen atoms in total. The Morgan fingerprint density at radius 2 is 1.95 bits per heavy atom. The van der Waals surface area contributed by atoms with Crippen LogP contribution in [0.3, 0.4) is 0 Å². The molecule has 4 aromatic rings. The number of rotatable bonds is 1. The van der Waals surface area contributed by atoms with Gasteiger partial charge < -0.3 is 9.40 Å². The molecule has 3 aromatic heterocycles. The number of H-pyrrole nitrogens is 1. The van der Waals surface area contributed by atoms with Crippen LogP contribution in [-0.2, 0) is 0 Å². The Hall–Kier alpha value is -3.02. The first-order chi connectivity index (χ1) is 9.81. The predicted octanol–water partition coefficient (Wildman–Crippen LogP) is 2.13. The summed E-state index contributed by atoms with van der Waals surface area (Å²) in [6.07, 6.45) is 2.92. The molecule has 0 saturated carbocycles. The Morgan fingerprint density at radius 1 is 1.10 bits per heavy atom. The van der Waals surface area contributed by atoms with Gasteiger partial charge in [-0.2, -0.15) is 4.98 Å². The zero-order chi connectivity index (χ0) is 13.5. The molecule has 1 N–H and O–H groups in total. The molecule has 6 heteroatoms. The lowest BCUT2D eigenvalue weighted by Gasteiger charge is -1.97. The SMILES string of the molecule is O=c1oc(-c2cc3ccccc3[nH]2)nc2nccnc12. The number of nitrogens with zero attached hydrogens (tertiary/aromatic N) is 3. The van der Waals surface area contributed by atoms with Crippen LogP contribution in [0.25, 0.3) is 33.7 Å². The van der Waals surface area contributed by atoms with Gasteiger partial charge in [-0.15, -0.1) is 0 Å². The van der Waals surface area contributed by atoms with Gasteiger partial charge in [-0.3, -0.25) is 0 Å². The molecule has 3 heterocycles. The molecule has 0 atom stereocenters. The molecule has 0 radical (unpaired) electrons. The molecule has 4 rings (SSSR count). The number of hydrogen-bond donors (Lipinski definition) is 1. The van der Waals surface area contributed by atoms with Crippen molar-refractivity contribution in [2.24, 2.45) is 0 Å². The van der Waals surface area contributed by atoms with Crippen LogP contribution in [0.5, 0.6) is 0 Å². The van der Waals surface area contributed by atoms with E-state index < -0.39 is 5.63 Å². The lowest BCUT2D eigenvalue weighted by molar-refractivity contribution is 0.514. The molecule has 20 heavy (non-hydrogen) atoms. The van der Waals surface area contributed by atoms with Gasteiger partial charge in [0.05, 0.1) is 0 Å². The standard InChI is InChI=1S/C14H8N4O2/c19-14-11-12(16-6-5-15-11)18-13(20-14)10-7-8-3-1-2-4-9(8)17-10/h1-7,17H. The minimum absolute atomic E-state index is 0.132. The molecule has 0 spiro atoms. The number of nitrogens with one attached hydrogen (secondary N) is 1. The second-order valence-electron chi connectivity index (χ2n) is 4.31. The van der Waals surface area contributed by atoms with Gasteiger partial charge in [-0.25, -0.2) is 14.8 Å². The molecule has 0 aliphatic carbocycles. The summed E-state index contributed by atoms with van der Waals surface area (Å²) in [5.74, 6) is 0.208. The lowest BCUT2D eigenvalue weighted by atomic mass is 10.2. The highest BCUT2D eigenvalue weighted by Gasteiger charge is 2.12. The van der Waals surface area contributed by atoms with Crippen LogP contribution in [0.2, 0.25) is 0 Å². The summed E-state index contributed by atoms with van der Waals surface area (Å²) in [5.41, 5.74) is 1.45. The lowest BCUT2D eigenvalue weighted by Crippen LogP contribution is -2.05. The zero-order valence-corrected chi connectivity index (χ0v) is 10.2. The largest absolute Gasteiger partial charge is 0.400 e. The molecule has 0 aliphatic rings. The minimum atomic E-state index is -0.545. The van der Waals surface area contributed by atoms with Gasteiger partial charge in [0.2, 0.25) is 5.89 Å². The van der Waals surface area contributed by atoms with E-state index in [1.807, 2.05) is 30.3 Å². The maximum Gasteiger partial charge on any atom is 0.367 e. The van der Waals surface area contributed by atoms with Gasteiger partial charge in [-0.05, 0) is 12.1 Å². The maximum atomic E-state index is 11.9. The molecule has 96 valence electrons. The Labute approximate surface area is 112 Å². The topological polar surface area (TPSA) is 84.7 Å². The van der Waals surface area contributed by atoms with E-state index in [1.54, 1.807) is 0 Å². The van der Waals surface area contributed by atoms with Crippen molar-refractivity contribution in [1.29, 1.82) is 0 Å². The van der Waals surface area contributed by atoms with Crippen molar-refractivity contribution in [1.82, 2.24) is 19.9 Å². The maximum absolute atomic E-state index is 11.9. The third kappa shape index (κ3) is 1.58. The quantitative estimate of drug-likeness (QED) is 0.569. The second-order valence-corrected chi connectivity index (χ2v) is 4.31. The molecule has 0 amide bonds. The smallest absolute Gasteiger partial charge is 0.367 e. The number of benzene rings is 1. The molecule has 0 bridgehead atoms. The third-order valence-electron chi connectivity index (χ3n) is 3.03. The number of para-hydroxylation sites is 1. The van der Waals surface area contributed by atoms with Crippen LogP contribution >= 0.6 is 0 Å². The van der Waals surface area contributed by atoms with Crippen molar-refractivity contribution in [3.05, 3.63) is 53.1 Å². The second kappa shape index (κ2) is 3.99. The van der Waals surface area contributed by atoms with E-state index in [2.05, 4.69) is 19.9 Å². The predicted molar refractivity (Wildman–Crippen MR) is 73.2 cm³/mol. The Kier molecular flexibility index (Phi) is 2.17. The molecule has 1 aromatic carbocycles. The Balaban J connectivity index is 1.99. The van der Waals surface area contributed by atoms with Crippen LogP contribution in [0.15, 0.2) is 51.9 Å². The van der Waals surface area contributed by atoms with Gasteiger partial charge in [0.15, 0.2) is 11.2 Å². The van der Waals surface area contributed by atoms with Crippen LogP contribution in [0, 0.1) is 0 Å². The number of fused-ring (bicyclic) bond motifs is 2. The fourth-order valence-corrected chi connectivity index (χ4v) is 2.12. The molecule has 0 aliphatic heterocycles. The first-order valence-corrected chi connectivity index (χ1v) is 6.01. The first kappa shape index (κ1) is 10.9. The third-order valence-corrected chi connectivity index (χ3v) is 3.03. The van der Waals surface area contributed by atoms with E-state index in [0.29, 0.717) is 5.69 Å². The van der Waals surface area contributed by atoms with Crippen molar-refractivity contribution < 1.29 is 4.42 Å². The Bertz CT molecular complexity index is 954. The van der Waals surface area contributed by atoms with E-state index in [4.69, 9.17) is 4.42 Å². The normalized spacial score (nSPS) is 11.2. The van der Waals surface area contributed by atoms with Crippen molar-refractivity contribution in [3.8, 4) is 11.6 Å². The summed E-state index contributed by atoms with van der Waals surface area (Å²) < 4.78 is 5.21. The van der Waals surface area contributed by atoms with Crippen molar-refractivity contribution >= 4 is 22.1 Å². The fourth-order valence-electron chi connectivity index (χ4n) is 2.12. The van der Waals surface area contributed by atoms with E-state index in [1.165, 1.54) is 12.4 Å². The number of aromatic nitrogens is 4. The summed E-state index contributed by atoms with van der Waals surface area (Å²) in [5, 5.41) is 1.02. The van der Waals surface area contributed by atoms with Crippen molar-refractivity contribution in [3.63, 3.8) is 0 Å². The fraction of sp³-hybridized carbons (Fsp3) is 0. The van der Waals surface area contributed by atoms with E-state index in [0.717, 1.165) is 10.9 Å². The summed E-state index contributed by atoms with van der Waals surface area (Å²) in [7, 11) is 0. The van der Waals surface area contributed by atoms with E-state index in [9.17, 15) is 4.79 Å². The van der Waals surface area contributed by atoms with Gasteiger partial charge in [-0.1, -0.05) is 18.2 Å². The minimum Gasteiger partial charge on any atom is -0.400 e. The van der Waals surface area contributed by atoms with Gasteiger partial charge >= 0.3 is 5.63 Å². The summed E-state index contributed by atoms with van der Waals surface area (Å²) in [6.45, 7) is 0. The molecular formula is C14H8N4O2. The first-order valence-electron chi connectivity index (χ1n) is 6.01. The summed E-state index contributed by atoms with van der Waals surface area (Å²) >= 11 is 0. The van der Waals surface area contributed by atoms with Crippen molar-refractivity contribution in [2.45, 2.75) is 0 Å². The highest BCUT2D eigenvalue weighted by Crippen LogP contribution is 2.22. The number of aromatic amines is 1. The highest BCUT2D eigenvalue weighted by molar-refractivity contribution is 5.84. The van der Waals surface area contributed by atoms with Gasteiger partial charge in [0.1, 0.15) is 5.69 Å². The number of hydrogen-bond acceptors (Lipinski definition) is 5. The highest BCUT2D eigenvalue weighted by atomic mass is 16.4. The molecule has 0 fully saturated rings. The average molecular weight is 264 g/mol. The molecule has 0 unspecified atom stereocenters. The average Bonchev–Trinajstić information content (AvgIpc) is 2.91. The van der Waals surface area contributed by atoms with Crippen LogP contribution in [-0.4, -0.2) is 19.9 Å². The van der Waals surface area contributed by atoms with E-state index in [-0.39, 0.29) is 17.1 Å². The van der Waals surface area contributed by atoms with Crippen LogP contribution in [0.4, 0.5) is 0 Å². The zero-order valence-electron chi connectivity index (χ0n) is 10.2. The summed E-state index contributed by atoms with van der Waals surface area (Å²) in [4.78, 5) is 27.2. The van der Waals surface area contributed by atoms with Gasteiger partial charge in [0.25, 0.3) is 0 Å². The summed E-state index contributed by atoms with van der Waals surface area (Å²) in [6, 6.07) is 9.66.